The Labute approximate surface area is 247 Å². The third-order valence-electron chi connectivity index (χ3n) is 13.0. The molecule has 0 bridgehead atoms. The van der Waals surface area contributed by atoms with Crippen LogP contribution in [0.3, 0.4) is 0 Å². The lowest BCUT2D eigenvalue weighted by Crippen LogP contribution is -2.53. The van der Waals surface area contributed by atoms with Crippen molar-refractivity contribution >= 4 is 5.97 Å². The quantitative estimate of drug-likeness (QED) is 0.280. The van der Waals surface area contributed by atoms with Gasteiger partial charge in [0.2, 0.25) is 0 Å². The number of fused-ring (bicyclic) bond motifs is 5. The molecule has 5 aliphatic rings. The molecule has 0 spiro atoms. The number of hydrogen-bond acceptors (Lipinski definition) is 3. The average Bonchev–Trinajstić information content (AvgIpc) is 3.53. The largest absolute Gasteiger partial charge is 0.462 e. The summed E-state index contributed by atoms with van der Waals surface area (Å²) in [6.07, 6.45) is 14.3. The lowest BCUT2D eigenvalue weighted by atomic mass is 9.46. The summed E-state index contributed by atoms with van der Waals surface area (Å²) < 4.78 is 13.2. The lowest BCUT2D eigenvalue weighted by Gasteiger charge is -2.59. The molecule has 1 aliphatic heterocycles. The fraction of sp³-hybridized carbons (Fsp3) is 0.605. The third kappa shape index (κ3) is 4.20. The molecule has 0 amide bonds. The van der Waals surface area contributed by atoms with Crippen molar-refractivity contribution in [2.45, 2.75) is 109 Å². The highest BCUT2D eigenvalue weighted by Gasteiger charge is 2.64. The van der Waals surface area contributed by atoms with Gasteiger partial charge in [-0.15, -0.1) is 0 Å². The summed E-state index contributed by atoms with van der Waals surface area (Å²) in [5.41, 5.74) is 4.24. The number of carbonyl (C=O) groups is 1. The summed E-state index contributed by atoms with van der Waals surface area (Å²) in [4.78, 5) is 11.7. The Morgan fingerprint density at radius 3 is 2.15 bits per heavy atom. The maximum absolute atomic E-state index is 11.7. The first-order valence-electron chi connectivity index (χ1n) is 16.4. The monoisotopic (exact) mass is 552 g/mol. The molecular formula is C38H48O3. The smallest absolute Gasteiger partial charge is 0.302 e. The molecule has 2 aromatic carbocycles. The minimum atomic E-state index is -0.376. The van der Waals surface area contributed by atoms with Crippen molar-refractivity contribution in [1.29, 1.82) is 0 Å². The van der Waals surface area contributed by atoms with Crippen LogP contribution < -0.4 is 0 Å². The van der Waals surface area contributed by atoms with Crippen LogP contribution in [0, 0.1) is 34.5 Å². The van der Waals surface area contributed by atoms with Gasteiger partial charge in [-0.25, -0.2) is 0 Å². The van der Waals surface area contributed by atoms with Crippen LogP contribution in [-0.4, -0.2) is 17.7 Å². The van der Waals surface area contributed by atoms with E-state index in [-0.39, 0.29) is 28.7 Å². The van der Waals surface area contributed by atoms with Crippen LogP contribution in [0.25, 0.3) is 0 Å². The molecule has 1 saturated heterocycles. The van der Waals surface area contributed by atoms with E-state index >= 15 is 0 Å². The van der Waals surface area contributed by atoms with Crippen molar-refractivity contribution in [2.24, 2.45) is 34.5 Å². The molecule has 1 heterocycles. The minimum absolute atomic E-state index is 0.0713. The molecule has 2 aromatic rings. The number of esters is 1. The molecule has 4 fully saturated rings. The molecule has 0 radical (unpaired) electrons. The van der Waals surface area contributed by atoms with Gasteiger partial charge in [0.25, 0.3) is 0 Å². The zero-order chi connectivity index (χ0) is 28.5. The predicted octanol–water partition coefficient (Wildman–Crippen LogP) is 9.01. The molecule has 218 valence electrons. The maximum Gasteiger partial charge on any atom is 0.302 e. The topological polar surface area (TPSA) is 35.5 Å². The second kappa shape index (κ2) is 9.83. The lowest BCUT2D eigenvalue weighted by molar-refractivity contribution is -0.153. The van der Waals surface area contributed by atoms with E-state index in [2.05, 4.69) is 87.5 Å². The normalized spacial score (nSPS) is 41.1. The SMILES string of the molecule is CC(=O)O[C@@H]1CC[C@@]2(C)C(=CC[C@@H]3[C@H]4CC[C@H]([C@]5(C)CCC(c6ccccc6)(c6ccccc6)O5)[C@@]4(C)CC[C@H]32)C1. The highest BCUT2D eigenvalue weighted by molar-refractivity contribution is 5.66. The van der Waals surface area contributed by atoms with Crippen molar-refractivity contribution in [2.75, 3.05) is 0 Å². The van der Waals surface area contributed by atoms with Gasteiger partial charge in [-0.2, -0.15) is 0 Å². The van der Waals surface area contributed by atoms with Gasteiger partial charge < -0.3 is 9.47 Å². The van der Waals surface area contributed by atoms with Crippen LogP contribution in [0.2, 0.25) is 0 Å². The number of carbonyl (C=O) groups excluding carboxylic acids is 1. The second-order valence-electron chi connectivity index (χ2n) is 14.9. The van der Waals surface area contributed by atoms with Crippen molar-refractivity contribution in [3.63, 3.8) is 0 Å². The van der Waals surface area contributed by atoms with Crippen molar-refractivity contribution in [3.8, 4) is 0 Å². The van der Waals surface area contributed by atoms with Gasteiger partial charge in [-0.1, -0.05) is 86.2 Å². The molecule has 3 nitrogen and oxygen atoms in total. The van der Waals surface area contributed by atoms with Gasteiger partial charge in [0.15, 0.2) is 0 Å². The van der Waals surface area contributed by atoms with E-state index in [0.717, 1.165) is 49.9 Å². The van der Waals surface area contributed by atoms with Gasteiger partial charge in [0.05, 0.1) is 5.60 Å². The van der Waals surface area contributed by atoms with E-state index in [0.29, 0.717) is 11.3 Å². The summed E-state index contributed by atoms with van der Waals surface area (Å²) in [5, 5.41) is 0. The van der Waals surface area contributed by atoms with Crippen LogP contribution in [0.5, 0.6) is 0 Å². The number of ether oxygens (including phenoxy) is 2. The van der Waals surface area contributed by atoms with Gasteiger partial charge in [-0.3, -0.25) is 4.79 Å². The van der Waals surface area contributed by atoms with E-state index in [1.54, 1.807) is 12.5 Å². The summed E-state index contributed by atoms with van der Waals surface area (Å²) in [6.45, 7) is 9.20. The fourth-order valence-electron chi connectivity index (χ4n) is 11.1. The molecule has 4 aliphatic carbocycles. The van der Waals surface area contributed by atoms with Crippen molar-refractivity contribution in [3.05, 3.63) is 83.4 Å². The maximum atomic E-state index is 11.7. The van der Waals surface area contributed by atoms with Gasteiger partial charge in [0.1, 0.15) is 11.7 Å². The number of allylic oxidation sites excluding steroid dienone is 1. The molecule has 41 heavy (non-hydrogen) atoms. The standard InChI is InChI=1S/C38H48O3/c1-26(39)40-30-19-21-35(2)29(25-30)15-16-31-32-17-18-34(36(32,3)22-20-33(31)35)37(4)23-24-38(41-37,27-11-7-5-8-12-27)28-13-9-6-10-14-28/h5-15,30-34H,16-25H2,1-4H3/t30-,31-,32-,33-,34+,35+,36+,37+/m1/s1. The van der Waals surface area contributed by atoms with Crippen LogP contribution in [0.4, 0.5) is 0 Å². The summed E-state index contributed by atoms with van der Waals surface area (Å²) in [6, 6.07) is 22.0. The van der Waals surface area contributed by atoms with E-state index in [1.165, 1.54) is 43.2 Å². The summed E-state index contributed by atoms with van der Waals surface area (Å²) >= 11 is 0. The Hall–Kier alpha value is -2.39. The molecule has 7 rings (SSSR count). The van der Waals surface area contributed by atoms with E-state index in [9.17, 15) is 4.79 Å². The molecule has 3 saturated carbocycles. The van der Waals surface area contributed by atoms with Crippen LogP contribution in [0.15, 0.2) is 72.3 Å². The number of benzene rings is 2. The van der Waals surface area contributed by atoms with Gasteiger partial charge >= 0.3 is 5.97 Å². The molecular weight excluding hydrogens is 504 g/mol. The van der Waals surface area contributed by atoms with Gasteiger partial charge in [0, 0.05) is 13.3 Å². The van der Waals surface area contributed by atoms with Crippen molar-refractivity contribution in [1.82, 2.24) is 0 Å². The predicted molar refractivity (Wildman–Crippen MR) is 163 cm³/mol. The van der Waals surface area contributed by atoms with E-state index < -0.39 is 0 Å². The zero-order valence-electron chi connectivity index (χ0n) is 25.5. The Balaban J connectivity index is 1.17. The highest BCUT2D eigenvalue weighted by atomic mass is 16.5. The number of rotatable bonds is 4. The zero-order valence-corrected chi connectivity index (χ0v) is 25.5. The first kappa shape index (κ1) is 27.4. The average molecular weight is 553 g/mol. The van der Waals surface area contributed by atoms with Crippen molar-refractivity contribution < 1.29 is 14.3 Å². The Morgan fingerprint density at radius 2 is 1.49 bits per heavy atom. The first-order chi connectivity index (χ1) is 19.7. The molecule has 0 N–H and O–H groups in total. The third-order valence-corrected chi connectivity index (χ3v) is 13.0. The van der Waals surface area contributed by atoms with Crippen LogP contribution >= 0.6 is 0 Å². The number of hydrogen-bond donors (Lipinski definition) is 0. The van der Waals surface area contributed by atoms with E-state index in [1.807, 2.05) is 0 Å². The van der Waals surface area contributed by atoms with Gasteiger partial charge in [-0.05, 0) is 110 Å². The first-order valence-corrected chi connectivity index (χ1v) is 16.4. The van der Waals surface area contributed by atoms with Crippen LogP contribution in [0.1, 0.15) is 103 Å². The Bertz CT molecular complexity index is 1280. The summed E-state index contributed by atoms with van der Waals surface area (Å²) in [7, 11) is 0. The van der Waals surface area contributed by atoms with Crippen LogP contribution in [-0.2, 0) is 19.9 Å². The fourth-order valence-corrected chi connectivity index (χ4v) is 11.1. The van der Waals surface area contributed by atoms with E-state index in [4.69, 9.17) is 9.47 Å². The molecule has 8 atom stereocenters. The molecule has 0 unspecified atom stereocenters. The Kier molecular flexibility index (Phi) is 6.58. The molecule has 3 heteroatoms. The minimum Gasteiger partial charge on any atom is -0.462 e. The summed E-state index contributed by atoms with van der Waals surface area (Å²) in [5.74, 6) is 2.71. The Morgan fingerprint density at radius 1 is 0.805 bits per heavy atom. The second-order valence-corrected chi connectivity index (χ2v) is 14.9. The molecule has 0 aromatic heterocycles. The highest BCUT2D eigenvalue weighted by Crippen LogP contribution is 2.69.